The Kier molecular flexibility index (Phi) is 6.14. The van der Waals surface area contributed by atoms with Crippen LogP contribution in [0.15, 0.2) is 79.0 Å². The van der Waals surface area contributed by atoms with E-state index in [2.05, 4.69) is 15.6 Å². The van der Waals surface area contributed by atoms with Crippen LogP contribution in [0.2, 0.25) is 0 Å². The van der Waals surface area contributed by atoms with E-state index >= 15 is 0 Å². The number of carbonyl (C=O) groups is 2. The highest BCUT2D eigenvalue weighted by atomic mass is 16.5. The number of hydrogen-bond acceptors (Lipinski definition) is 4. The molecular weight excluding hydrogens is 342 g/mol. The summed E-state index contributed by atoms with van der Waals surface area (Å²) in [7, 11) is 0. The third-order valence-corrected chi connectivity index (χ3v) is 3.68. The first-order chi connectivity index (χ1) is 13.2. The Hall–Kier alpha value is -3.67. The van der Waals surface area contributed by atoms with Crippen molar-refractivity contribution >= 4 is 17.5 Å². The van der Waals surface area contributed by atoms with E-state index in [9.17, 15) is 9.59 Å². The Labute approximate surface area is 157 Å². The van der Waals surface area contributed by atoms with Gasteiger partial charge in [-0.3, -0.25) is 9.59 Å². The van der Waals surface area contributed by atoms with Gasteiger partial charge in [0.15, 0.2) is 0 Å². The summed E-state index contributed by atoms with van der Waals surface area (Å²) in [5, 5.41) is 5.49. The zero-order valence-corrected chi connectivity index (χ0v) is 14.6. The molecule has 0 bridgehead atoms. The molecule has 3 aromatic rings. The number of pyridine rings is 1. The number of nitrogens with zero attached hydrogens (tertiary/aromatic N) is 1. The minimum Gasteiger partial charge on any atom is -0.437 e. The van der Waals surface area contributed by atoms with Crippen LogP contribution in [0.25, 0.3) is 0 Å². The molecule has 2 N–H and O–H groups in total. The van der Waals surface area contributed by atoms with Gasteiger partial charge >= 0.3 is 0 Å². The van der Waals surface area contributed by atoms with Crippen molar-refractivity contribution in [1.82, 2.24) is 10.3 Å². The minimum absolute atomic E-state index is 0.137. The standard InChI is InChI=1S/C21H19N3O3/c25-19(13-15-22-20(26)16-8-3-1-4-9-16)24-18-12-7-14-23-21(18)27-17-10-5-2-6-11-17/h1-12,14H,13,15H2,(H,22,26)(H,24,25). The summed E-state index contributed by atoms with van der Waals surface area (Å²) in [4.78, 5) is 28.3. The molecule has 0 spiro atoms. The first-order valence-electron chi connectivity index (χ1n) is 8.53. The molecule has 1 heterocycles. The van der Waals surface area contributed by atoms with E-state index in [4.69, 9.17) is 4.74 Å². The Balaban J connectivity index is 1.53. The van der Waals surface area contributed by atoms with E-state index < -0.39 is 0 Å². The van der Waals surface area contributed by atoms with Crippen molar-refractivity contribution in [3.05, 3.63) is 84.6 Å². The minimum atomic E-state index is -0.241. The van der Waals surface area contributed by atoms with E-state index in [1.807, 2.05) is 24.3 Å². The van der Waals surface area contributed by atoms with E-state index in [1.54, 1.807) is 54.7 Å². The van der Waals surface area contributed by atoms with Crippen molar-refractivity contribution in [3.8, 4) is 11.6 Å². The van der Waals surface area contributed by atoms with Gasteiger partial charge in [0.05, 0.1) is 0 Å². The molecule has 2 aromatic carbocycles. The highest BCUT2D eigenvalue weighted by Crippen LogP contribution is 2.26. The van der Waals surface area contributed by atoms with E-state index in [0.29, 0.717) is 22.9 Å². The third-order valence-electron chi connectivity index (χ3n) is 3.68. The Bertz CT molecular complexity index is 899. The molecule has 0 radical (unpaired) electrons. The van der Waals surface area contributed by atoms with Crippen molar-refractivity contribution in [2.75, 3.05) is 11.9 Å². The van der Waals surface area contributed by atoms with Gasteiger partial charge in [0, 0.05) is 24.7 Å². The van der Waals surface area contributed by atoms with Gasteiger partial charge in [-0.2, -0.15) is 0 Å². The number of benzene rings is 2. The van der Waals surface area contributed by atoms with Crippen LogP contribution in [-0.4, -0.2) is 23.3 Å². The van der Waals surface area contributed by atoms with Gasteiger partial charge in [0.2, 0.25) is 11.8 Å². The van der Waals surface area contributed by atoms with Gasteiger partial charge in [0.1, 0.15) is 11.4 Å². The number of para-hydroxylation sites is 1. The number of nitrogens with one attached hydrogen (secondary N) is 2. The molecule has 0 saturated heterocycles. The molecule has 27 heavy (non-hydrogen) atoms. The zero-order valence-electron chi connectivity index (χ0n) is 14.6. The molecular formula is C21H19N3O3. The third kappa shape index (κ3) is 5.40. The van der Waals surface area contributed by atoms with Crippen LogP contribution in [-0.2, 0) is 4.79 Å². The number of aromatic nitrogens is 1. The number of carbonyl (C=O) groups excluding carboxylic acids is 2. The lowest BCUT2D eigenvalue weighted by Gasteiger charge is -2.11. The number of anilines is 1. The first kappa shape index (κ1) is 18.1. The van der Waals surface area contributed by atoms with Crippen LogP contribution >= 0.6 is 0 Å². The van der Waals surface area contributed by atoms with Crippen LogP contribution in [0.5, 0.6) is 11.6 Å². The molecule has 1 aromatic heterocycles. The summed E-state index contributed by atoms with van der Waals surface area (Å²) in [6, 6.07) is 21.5. The molecule has 136 valence electrons. The maximum Gasteiger partial charge on any atom is 0.251 e. The molecule has 0 saturated carbocycles. The lowest BCUT2D eigenvalue weighted by molar-refractivity contribution is -0.116. The van der Waals surface area contributed by atoms with Crippen LogP contribution in [0.1, 0.15) is 16.8 Å². The molecule has 0 fully saturated rings. The van der Waals surface area contributed by atoms with Crippen LogP contribution in [0, 0.1) is 0 Å². The summed E-state index contributed by atoms with van der Waals surface area (Å²) in [5.41, 5.74) is 1.03. The summed E-state index contributed by atoms with van der Waals surface area (Å²) in [6.07, 6.45) is 1.73. The fraction of sp³-hybridized carbons (Fsp3) is 0.0952. The lowest BCUT2D eigenvalue weighted by atomic mass is 10.2. The van der Waals surface area contributed by atoms with Gasteiger partial charge in [-0.05, 0) is 36.4 Å². The average Bonchev–Trinajstić information content (AvgIpc) is 2.71. The highest BCUT2D eigenvalue weighted by Gasteiger charge is 2.11. The van der Waals surface area contributed by atoms with Gasteiger partial charge in [-0.25, -0.2) is 4.98 Å². The maximum absolute atomic E-state index is 12.2. The predicted molar refractivity (Wildman–Crippen MR) is 103 cm³/mol. The Morgan fingerprint density at radius 2 is 1.59 bits per heavy atom. The number of rotatable bonds is 7. The van der Waals surface area contributed by atoms with Crippen molar-refractivity contribution in [3.63, 3.8) is 0 Å². The first-order valence-corrected chi connectivity index (χ1v) is 8.53. The van der Waals surface area contributed by atoms with Crippen molar-refractivity contribution < 1.29 is 14.3 Å². The molecule has 0 atom stereocenters. The van der Waals surface area contributed by atoms with Crippen molar-refractivity contribution in [1.29, 1.82) is 0 Å². The Morgan fingerprint density at radius 3 is 2.33 bits per heavy atom. The SMILES string of the molecule is O=C(CCNC(=O)c1ccccc1)Nc1cccnc1Oc1ccccc1. The second kappa shape index (κ2) is 9.15. The second-order valence-electron chi connectivity index (χ2n) is 5.69. The summed E-state index contributed by atoms with van der Waals surface area (Å²) >= 11 is 0. The largest absolute Gasteiger partial charge is 0.437 e. The van der Waals surface area contributed by atoms with Gasteiger partial charge in [0.25, 0.3) is 5.91 Å². The molecule has 6 nitrogen and oxygen atoms in total. The van der Waals surface area contributed by atoms with Gasteiger partial charge in [-0.1, -0.05) is 36.4 Å². The predicted octanol–water partition coefficient (Wildman–Crippen LogP) is 3.63. The smallest absolute Gasteiger partial charge is 0.251 e. The number of amides is 2. The monoisotopic (exact) mass is 361 g/mol. The summed E-state index contributed by atoms with van der Waals surface area (Å²) < 4.78 is 5.72. The summed E-state index contributed by atoms with van der Waals surface area (Å²) in [5.74, 6) is 0.486. The molecule has 3 rings (SSSR count). The average molecular weight is 361 g/mol. The molecule has 0 aliphatic rings. The normalized spacial score (nSPS) is 10.1. The van der Waals surface area contributed by atoms with E-state index in [1.165, 1.54) is 0 Å². The van der Waals surface area contributed by atoms with Crippen LogP contribution < -0.4 is 15.4 Å². The van der Waals surface area contributed by atoms with Crippen LogP contribution in [0.4, 0.5) is 5.69 Å². The fourth-order valence-corrected chi connectivity index (χ4v) is 2.36. The second-order valence-corrected chi connectivity index (χ2v) is 5.69. The highest BCUT2D eigenvalue weighted by molar-refractivity contribution is 5.95. The molecule has 6 heteroatoms. The van der Waals surface area contributed by atoms with E-state index in [-0.39, 0.29) is 24.8 Å². The Morgan fingerprint density at radius 1 is 0.889 bits per heavy atom. The molecule has 2 amide bonds. The fourth-order valence-electron chi connectivity index (χ4n) is 2.36. The van der Waals surface area contributed by atoms with Gasteiger partial charge in [-0.15, -0.1) is 0 Å². The zero-order chi connectivity index (χ0) is 18.9. The quantitative estimate of drug-likeness (QED) is 0.673. The molecule has 0 unspecified atom stereocenters. The summed E-state index contributed by atoms with van der Waals surface area (Å²) in [6.45, 7) is 0.231. The molecule has 0 aliphatic heterocycles. The topological polar surface area (TPSA) is 80.3 Å². The van der Waals surface area contributed by atoms with Crippen molar-refractivity contribution in [2.45, 2.75) is 6.42 Å². The van der Waals surface area contributed by atoms with Crippen LogP contribution in [0.3, 0.4) is 0 Å². The number of hydrogen-bond donors (Lipinski definition) is 2. The lowest BCUT2D eigenvalue weighted by Crippen LogP contribution is -2.27. The maximum atomic E-state index is 12.2. The van der Waals surface area contributed by atoms with Gasteiger partial charge < -0.3 is 15.4 Å². The molecule has 0 aliphatic carbocycles. The number of ether oxygens (including phenoxy) is 1. The van der Waals surface area contributed by atoms with Crippen molar-refractivity contribution in [2.24, 2.45) is 0 Å². The van der Waals surface area contributed by atoms with E-state index in [0.717, 1.165) is 0 Å².